The van der Waals surface area contributed by atoms with E-state index in [0.717, 1.165) is 44.8 Å². The van der Waals surface area contributed by atoms with Gasteiger partial charge in [0.1, 0.15) is 11.2 Å². The predicted octanol–water partition coefficient (Wildman–Crippen LogP) is 10.6. The molecule has 1 aliphatic carbocycles. The lowest BCUT2D eigenvalue weighted by atomic mass is 9.73. The van der Waals surface area contributed by atoms with Gasteiger partial charge in [-0.2, -0.15) is 0 Å². The molecule has 52 heavy (non-hydrogen) atoms. The molecule has 2 aromatic heterocycles. The van der Waals surface area contributed by atoms with Crippen LogP contribution in [0.15, 0.2) is 176 Å². The lowest BCUT2D eigenvalue weighted by molar-refractivity contribution is 0.738. The smallest absolute Gasteiger partial charge is 0.164 e. The Balaban J connectivity index is 1.09. The van der Waals surface area contributed by atoms with Crippen molar-refractivity contribution in [2.24, 2.45) is 0 Å². The molecule has 0 N–H and O–H groups in total. The summed E-state index contributed by atoms with van der Waals surface area (Å²) in [5, 5.41) is 0. The second kappa shape index (κ2) is 11.0. The van der Waals surface area contributed by atoms with Crippen LogP contribution in [0.4, 0.5) is 0 Å². The fourth-order valence-corrected chi connectivity index (χ4v) is 8.38. The number of fused-ring (bicyclic) bond motifs is 12. The fourth-order valence-electron chi connectivity index (χ4n) is 8.38. The molecule has 0 amide bonds. The highest BCUT2D eigenvalue weighted by molar-refractivity contribution is 5.92. The molecule has 0 atom stereocenters. The number of hydrogen-bond donors (Lipinski definition) is 0. The highest BCUT2D eigenvalue weighted by Crippen LogP contribution is 2.60. The van der Waals surface area contributed by atoms with E-state index in [1.54, 1.807) is 0 Å². The highest BCUT2D eigenvalue weighted by Gasteiger charge is 2.54. The summed E-state index contributed by atoms with van der Waals surface area (Å²) in [5.74, 6) is 2.88. The average molecular weight is 664 g/mol. The average Bonchev–Trinajstić information content (AvgIpc) is 3.85. The van der Waals surface area contributed by atoms with E-state index in [-0.39, 0.29) is 0 Å². The Kier molecular flexibility index (Phi) is 6.10. The van der Waals surface area contributed by atoms with E-state index in [9.17, 15) is 0 Å². The van der Waals surface area contributed by atoms with Crippen molar-refractivity contribution in [3.63, 3.8) is 0 Å². The number of rotatable bonds is 4. The van der Waals surface area contributed by atoms with Crippen molar-refractivity contribution in [3.8, 4) is 62.1 Å². The first kappa shape index (κ1) is 28.8. The molecule has 2 aliphatic rings. The molecule has 0 radical (unpaired) electrons. The number of nitrogens with zero attached hydrogens (tertiary/aromatic N) is 5. The van der Waals surface area contributed by atoms with Crippen molar-refractivity contribution < 1.29 is 0 Å². The number of imidazole rings is 1. The molecule has 0 unspecified atom stereocenters. The molecule has 5 heteroatoms. The maximum absolute atomic E-state index is 5.52. The summed E-state index contributed by atoms with van der Waals surface area (Å²) < 4.78 is 2.36. The number of aromatic nitrogens is 5. The molecule has 0 saturated heterocycles. The van der Waals surface area contributed by atoms with E-state index >= 15 is 0 Å². The predicted molar refractivity (Wildman–Crippen MR) is 207 cm³/mol. The van der Waals surface area contributed by atoms with Crippen LogP contribution in [0.25, 0.3) is 73.1 Å². The molecule has 9 aromatic rings. The Morgan fingerprint density at radius 1 is 0.365 bits per heavy atom. The zero-order chi connectivity index (χ0) is 34.2. The molecular weight excluding hydrogens is 635 g/mol. The van der Waals surface area contributed by atoms with E-state index in [4.69, 9.17) is 19.9 Å². The molecule has 0 saturated carbocycles. The van der Waals surface area contributed by atoms with Gasteiger partial charge in [0.25, 0.3) is 0 Å². The first-order chi connectivity index (χ1) is 25.8. The Bertz CT molecular complexity index is 2790. The van der Waals surface area contributed by atoms with Crippen LogP contribution in [-0.4, -0.2) is 24.5 Å². The topological polar surface area (TPSA) is 56.5 Å². The summed E-state index contributed by atoms with van der Waals surface area (Å²) in [5.41, 5.74) is 14.0. The molecule has 5 nitrogen and oxygen atoms in total. The lowest BCUT2D eigenvalue weighted by Gasteiger charge is -2.27. The summed E-state index contributed by atoms with van der Waals surface area (Å²) in [6, 6.07) is 61.7. The van der Waals surface area contributed by atoms with Crippen molar-refractivity contribution in [3.05, 3.63) is 198 Å². The van der Waals surface area contributed by atoms with Gasteiger partial charge < -0.3 is 0 Å². The van der Waals surface area contributed by atoms with Gasteiger partial charge in [-0.1, -0.05) is 152 Å². The Labute approximate surface area is 300 Å². The molecule has 242 valence electrons. The second-order valence-corrected chi connectivity index (χ2v) is 13.4. The van der Waals surface area contributed by atoms with Gasteiger partial charge in [0, 0.05) is 16.7 Å². The molecule has 11 rings (SSSR count). The zero-order valence-electron chi connectivity index (χ0n) is 28.0. The van der Waals surface area contributed by atoms with E-state index in [0.29, 0.717) is 17.5 Å². The molecule has 7 aromatic carbocycles. The lowest BCUT2D eigenvalue weighted by Crippen LogP contribution is -2.27. The molecule has 1 aliphatic heterocycles. The summed E-state index contributed by atoms with van der Waals surface area (Å²) >= 11 is 0. The minimum absolute atomic E-state index is 0.518. The quantitative estimate of drug-likeness (QED) is 0.188. The second-order valence-electron chi connectivity index (χ2n) is 13.4. The van der Waals surface area contributed by atoms with Crippen LogP contribution in [0.3, 0.4) is 0 Å². The molecular formula is C47H29N5. The van der Waals surface area contributed by atoms with E-state index in [1.807, 2.05) is 36.4 Å². The largest absolute Gasteiger partial charge is 0.295 e. The number of hydrogen-bond acceptors (Lipinski definition) is 4. The first-order valence-corrected chi connectivity index (χ1v) is 17.6. The summed E-state index contributed by atoms with van der Waals surface area (Å²) in [6.07, 6.45) is 0. The highest BCUT2D eigenvalue weighted by atomic mass is 15.1. The van der Waals surface area contributed by atoms with Crippen molar-refractivity contribution >= 4 is 11.0 Å². The van der Waals surface area contributed by atoms with E-state index in [1.165, 1.54) is 33.4 Å². The van der Waals surface area contributed by atoms with Crippen LogP contribution in [0.2, 0.25) is 0 Å². The molecule has 0 fully saturated rings. The van der Waals surface area contributed by atoms with Crippen LogP contribution in [0, 0.1) is 0 Å². The van der Waals surface area contributed by atoms with Crippen LogP contribution < -0.4 is 0 Å². The zero-order valence-corrected chi connectivity index (χ0v) is 28.0. The third-order valence-electron chi connectivity index (χ3n) is 10.7. The van der Waals surface area contributed by atoms with Gasteiger partial charge in [-0.25, -0.2) is 19.9 Å². The third kappa shape index (κ3) is 4.05. The fraction of sp³-hybridized carbons (Fsp3) is 0.0213. The Morgan fingerprint density at radius 2 is 0.827 bits per heavy atom. The van der Waals surface area contributed by atoms with Gasteiger partial charge in [-0.3, -0.25) is 4.57 Å². The van der Waals surface area contributed by atoms with Gasteiger partial charge in [0.05, 0.1) is 16.7 Å². The maximum Gasteiger partial charge on any atom is 0.164 e. The Hall–Kier alpha value is -6.98. The van der Waals surface area contributed by atoms with Crippen LogP contribution in [-0.2, 0) is 5.41 Å². The standard InChI is InChI=1S/C47H29N5/c1-3-13-30(14-4-1)31-23-25-33(26-24-31)44-49-43(32-15-5-2-6-16-32)50-45(51-44)34-27-28-42-40(29-34)48-46-47(39-21-11-12-22-41(39)52(42)46)37-19-9-7-17-35(37)36-18-8-10-20-38(36)47/h1-29H. The third-order valence-corrected chi connectivity index (χ3v) is 10.7. The molecule has 1 spiro atoms. The van der Waals surface area contributed by atoms with E-state index < -0.39 is 5.41 Å². The van der Waals surface area contributed by atoms with Gasteiger partial charge in [-0.15, -0.1) is 0 Å². The maximum atomic E-state index is 5.52. The van der Waals surface area contributed by atoms with Crippen molar-refractivity contribution in [2.45, 2.75) is 5.41 Å². The minimum atomic E-state index is -0.518. The molecule has 3 heterocycles. The van der Waals surface area contributed by atoms with Gasteiger partial charge in [-0.05, 0) is 63.2 Å². The number of para-hydroxylation sites is 1. The minimum Gasteiger partial charge on any atom is -0.295 e. The first-order valence-electron chi connectivity index (χ1n) is 17.6. The molecule has 0 bridgehead atoms. The summed E-state index contributed by atoms with van der Waals surface area (Å²) in [4.78, 5) is 20.6. The van der Waals surface area contributed by atoms with Crippen molar-refractivity contribution in [1.82, 2.24) is 24.5 Å². The van der Waals surface area contributed by atoms with Crippen LogP contribution >= 0.6 is 0 Å². The number of benzene rings is 7. The Morgan fingerprint density at radius 3 is 1.48 bits per heavy atom. The normalized spacial score (nSPS) is 13.2. The van der Waals surface area contributed by atoms with Gasteiger partial charge in [0.15, 0.2) is 17.5 Å². The summed E-state index contributed by atoms with van der Waals surface area (Å²) in [6.45, 7) is 0. The van der Waals surface area contributed by atoms with Gasteiger partial charge in [0.2, 0.25) is 0 Å². The van der Waals surface area contributed by atoms with Crippen LogP contribution in [0.1, 0.15) is 22.5 Å². The summed E-state index contributed by atoms with van der Waals surface area (Å²) in [7, 11) is 0. The van der Waals surface area contributed by atoms with Crippen molar-refractivity contribution in [1.29, 1.82) is 0 Å². The van der Waals surface area contributed by atoms with Gasteiger partial charge >= 0.3 is 0 Å². The van der Waals surface area contributed by atoms with Crippen molar-refractivity contribution in [2.75, 3.05) is 0 Å². The van der Waals surface area contributed by atoms with E-state index in [2.05, 4.69) is 144 Å². The monoisotopic (exact) mass is 663 g/mol. The SMILES string of the molecule is c1ccc(-c2ccc(-c3nc(-c4ccccc4)nc(-c4ccc5c(c4)nc4n5-c5ccccc5C45c4ccccc4-c4ccccc45)n3)cc2)cc1. The van der Waals surface area contributed by atoms with Crippen LogP contribution in [0.5, 0.6) is 0 Å².